The van der Waals surface area contributed by atoms with Crippen LogP contribution in [0.4, 0.5) is 0 Å². The van der Waals surface area contributed by atoms with Gasteiger partial charge in [-0.05, 0) is 12.8 Å². The Labute approximate surface area is 54.8 Å². The first-order valence-corrected chi connectivity index (χ1v) is 3.31. The molecule has 1 saturated heterocycles. The van der Waals surface area contributed by atoms with Crippen LogP contribution in [0.25, 0.3) is 0 Å². The van der Waals surface area contributed by atoms with Crippen molar-refractivity contribution >= 4 is 0 Å². The average molecular weight is 131 g/mol. The summed E-state index contributed by atoms with van der Waals surface area (Å²) in [5, 5.41) is 8.63. The largest absolute Gasteiger partial charge is 0.394 e. The lowest BCUT2D eigenvalue weighted by molar-refractivity contribution is -0.0237. The highest BCUT2D eigenvalue weighted by Crippen LogP contribution is 2.10. The summed E-state index contributed by atoms with van der Waals surface area (Å²) in [4.78, 5) is 0. The van der Waals surface area contributed by atoms with Gasteiger partial charge in [0.1, 0.15) is 0 Å². The molecular weight excluding hydrogens is 118 g/mol. The third-order valence-corrected chi connectivity index (χ3v) is 1.61. The average Bonchev–Trinajstić information content (AvgIpc) is 1.88. The molecule has 0 radical (unpaired) electrons. The van der Waals surface area contributed by atoms with Crippen LogP contribution in [0.3, 0.4) is 0 Å². The van der Waals surface area contributed by atoms with E-state index >= 15 is 0 Å². The molecule has 0 aromatic heterocycles. The molecule has 1 aliphatic rings. The van der Waals surface area contributed by atoms with Gasteiger partial charge in [-0.1, -0.05) is 0 Å². The molecule has 0 aromatic rings. The molecule has 3 heteroatoms. The smallest absolute Gasteiger partial charge is 0.0820 e. The fourth-order valence-corrected chi connectivity index (χ4v) is 1.04. The van der Waals surface area contributed by atoms with Crippen molar-refractivity contribution in [2.75, 3.05) is 13.2 Å². The molecule has 1 heterocycles. The third-order valence-electron chi connectivity index (χ3n) is 1.61. The second-order valence-corrected chi connectivity index (χ2v) is 2.46. The van der Waals surface area contributed by atoms with Crippen LogP contribution in [0, 0.1) is 0 Å². The summed E-state index contributed by atoms with van der Waals surface area (Å²) < 4.78 is 5.17. The Morgan fingerprint density at radius 1 is 1.67 bits per heavy atom. The van der Waals surface area contributed by atoms with Gasteiger partial charge >= 0.3 is 0 Å². The zero-order valence-electron chi connectivity index (χ0n) is 5.42. The molecule has 2 atom stereocenters. The van der Waals surface area contributed by atoms with Crippen LogP contribution in [-0.2, 0) is 4.74 Å². The van der Waals surface area contributed by atoms with Crippen molar-refractivity contribution in [3.8, 4) is 0 Å². The lowest BCUT2D eigenvalue weighted by Crippen LogP contribution is -2.36. The van der Waals surface area contributed by atoms with Gasteiger partial charge in [-0.25, -0.2) is 0 Å². The minimum Gasteiger partial charge on any atom is -0.394 e. The van der Waals surface area contributed by atoms with Crippen LogP contribution in [0.2, 0.25) is 0 Å². The third kappa shape index (κ3) is 1.93. The van der Waals surface area contributed by atoms with Gasteiger partial charge in [-0.3, -0.25) is 0 Å². The van der Waals surface area contributed by atoms with Crippen molar-refractivity contribution in [2.24, 2.45) is 5.73 Å². The second-order valence-electron chi connectivity index (χ2n) is 2.46. The summed E-state index contributed by atoms with van der Waals surface area (Å²) in [6.45, 7) is 0.806. The van der Waals surface area contributed by atoms with Gasteiger partial charge < -0.3 is 15.6 Å². The van der Waals surface area contributed by atoms with E-state index in [1.54, 1.807) is 0 Å². The Balaban J connectivity index is 2.23. The molecule has 9 heavy (non-hydrogen) atoms. The summed E-state index contributed by atoms with van der Waals surface area (Å²) in [6.07, 6.45) is 1.72. The number of rotatable bonds is 1. The fourth-order valence-electron chi connectivity index (χ4n) is 1.04. The highest BCUT2D eigenvalue weighted by atomic mass is 16.5. The predicted molar refractivity (Wildman–Crippen MR) is 34.0 cm³/mol. The van der Waals surface area contributed by atoms with Crippen molar-refractivity contribution in [1.82, 2.24) is 0 Å². The standard InChI is InChI=1S/C6H13NO2/c7-5-1-2-9-6(3-5)4-8/h5-6,8H,1-4,7H2. The monoisotopic (exact) mass is 131 g/mol. The number of hydrogen-bond acceptors (Lipinski definition) is 3. The summed E-state index contributed by atoms with van der Waals surface area (Å²) in [5.41, 5.74) is 5.61. The second kappa shape index (κ2) is 3.15. The summed E-state index contributed by atoms with van der Waals surface area (Å²) >= 11 is 0. The Morgan fingerprint density at radius 2 is 2.44 bits per heavy atom. The summed E-state index contributed by atoms with van der Waals surface area (Å²) in [5.74, 6) is 0. The fraction of sp³-hybridized carbons (Fsp3) is 1.00. The zero-order chi connectivity index (χ0) is 6.69. The van der Waals surface area contributed by atoms with E-state index in [0.717, 1.165) is 12.8 Å². The molecule has 1 aliphatic heterocycles. The molecule has 2 unspecified atom stereocenters. The van der Waals surface area contributed by atoms with Crippen molar-refractivity contribution in [2.45, 2.75) is 25.0 Å². The quantitative estimate of drug-likeness (QED) is 0.503. The van der Waals surface area contributed by atoms with Crippen LogP contribution in [-0.4, -0.2) is 30.5 Å². The van der Waals surface area contributed by atoms with E-state index in [0.29, 0.717) is 6.61 Å². The molecule has 0 spiro atoms. The first kappa shape index (κ1) is 6.99. The molecule has 54 valence electrons. The first-order valence-electron chi connectivity index (χ1n) is 3.31. The summed E-state index contributed by atoms with van der Waals surface area (Å²) in [6, 6.07) is 0.232. The lowest BCUT2D eigenvalue weighted by Gasteiger charge is -2.25. The number of ether oxygens (including phenoxy) is 1. The topological polar surface area (TPSA) is 55.5 Å². The van der Waals surface area contributed by atoms with Crippen LogP contribution >= 0.6 is 0 Å². The Morgan fingerprint density at radius 3 is 2.89 bits per heavy atom. The Kier molecular flexibility index (Phi) is 2.45. The Bertz CT molecular complexity index is 87.1. The van der Waals surface area contributed by atoms with Gasteiger partial charge in [0.15, 0.2) is 0 Å². The van der Waals surface area contributed by atoms with Crippen LogP contribution < -0.4 is 5.73 Å². The van der Waals surface area contributed by atoms with Crippen molar-refractivity contribution in [3.63, 3.8) is 0 Å². The maximum atomic E-state index is 8.63. The number of nitrogens with two attached hydrogens (primary N) is 1. The summed E-state index contributed by atoms with van der Waals surface area (Å²) in [7, 11) is 0. The van der Waals surface area contributed by atoms with Gasteiger partial charge in [0.2, 0.25) is 0 Å². The molecule has 3 nitrogen and oxygen atoms in total. The van der Waals surface area contributed by atoms with Crippen LogP contribution in [0.1, 0.15) is 12.8 Å². The van der Waals surface area contributed by atoms with Gasteiger partial charge in [0.25, 0.3) is 0 Å². The maximum Gasteiger partial charge on any atom is 0.0820 e. The molecule has 1 fully saturated rings. The molecule has 0 bridgehead atoms. The molecular formula is C6H13NO2. The Hall–Kier alpha value is -0.120. The van der Waals surface area contributed by atoms with Crippen LogP contribution in [0.5, 0.6) is 0 Å². The zero-order valence-corrected chi connectivity index (χ0v) is 5.42. The number of aliphatic hydroxyl groups excluding tert-OH is 1. The van der Waals surface area contributed by atoms with E-state index in [4.69, 9.17) is 15.6 Å². The van der Waals surface area contributed by atoms with E-state index in [1.807, 2.05) is 0 Å². The molecule has 0 aromatic carbocycles. The minimum absolute atomic E-state index is 0.00579. The molecule has 0 saturated carbocycles. The van der Waals surface area contributed by atoms with E-state index in [2.05, 4.69) is 0 Å². The van der Waals surface area contributed by atoms with Gasteiger partial charge in [-0.15, -0.1) is 0 Å². The van der Waals surface area contributed by atoms with E-state index in [-0.39, 0.29) is 18.8 Å². The van der Waals surface area contributed by atoms with Crippen molar-refractivity contribution in [1.29, 1.82) is 0 Å². The molecule has 0 amide bonds. The van der Waals surface area contributed by atoms with Gasteiger partial charge in [0.05, 0.1) is 12.7 Å². The van der Waals surface area contributed by atoms with Crippen molar-refractivity contribution < 1.29 is 9.84 Å². The predicted octanol–water partition coefficient (Wildman–Crippen LogP) is -0.515. The lowest BCUT2D eigenvalue weighted by atomic mass is 10.1. The molecule has 1 rings (SSSR count). The van der Waals surface area contributed by atoms with Crippen molar-refractivity contribution in [3.05, 3.63) is 0 Å². The normalized spacial score (nSPS) is 36.7. The highest BCUT2D eigenvalue weighted by Gasteiger charge is 2.17. The molecule has 3 N–H and O–H groups in total. The van der Waals surface area contributed by atoms with E-state index in [1.165, 1.54) is 0 Å². The van der Waals surface area contributed by atoms with E-state index in [9.17, 15) is 0 Å². The number of aliphatic hydroxyl groups is 1. The first-order chi connectivity index (χ1) is 4.33. The highest BCUT2D eigenvalue weighted by molar-refractivity contribution is 4.72. The van der Waals surface area contributed by atoms with Crippen LogP contribution in [0.15, 0.2) is 0 Å². The van der Waals surface area contributed by atoms with E-state index < -0.39 is 0 Å². The van der Waals surface area contributed by atoms with Gasteiger partial charge in [0, 0.05) is 12.6 Å². The molecule has 0 aliphatic carbocycles. The van der Waals surface area contributed by atoms with Gasteiger partial charge in [-0.2, -0.15) is 0 Å². The SMILES string of the molecule is NC1CCOC(CO)C1. The number of hydrogen-bond donors (Lipinski definition) is 2. The minimum atomic E-state index is -0.00579. The maximum absolute atomic E-state index is 8.63.